The normalized spacial score (nSPS) is 10.1. The minimum Gasteiger partial charge on any atom is -0.461 e. The van der Waals surface area contributed by atoms with Crippen molar-refractivity contribution in [1.29, 1.82) is 0 Å². The van der Waals surface area contributed by atoms with Crippen LogP contribution in [-0.4, -0.2) is 33.0 Å². The maximum absolute atomic E-state index is 12.2. The third-order valence-electron chi connectivity index (χ3n) is 2.96. The summed E-state index contributed by atoms with van der Waals surface area (Å²) in [6.07, 6.45) is 1.40. The number of esters is 1. The van der Waals surface area contributed by atoms with Crippen molar-refractivity contribution < 1.29 is 14.3 Å². The highest BCUT2D eigenvalue weighted by atomic mass is 32.1. The van der Waals surface area contributed by atoms with Gasteiger partial charge in [-0.1, -0.05) is 18.2 Å². The highest BCUT2D eigenvalue weighted by Crippen LogP contribution is 2.16. The Labute approximate surface area is 145 Å². The summed E-state index contributed by atoms with van der Waals surface area (Å²) in [5.41, 5.74) is 0.958. The smallest absolute Gasteiger partial charge is 0.358 e. The Morgan fingerprint density at radius 1 is 1.25 bits per heavy atom. The largest absolute Gasteiger partial charge is 0.461 e. The first-order valence-corrected chi connectivity index (χ1v) is 7.76. The fourth-order valence-corrected chi connectivity index (χ4v) is 2.25. The van der Waals surface area contributed by atoms with Crippen molar-refractivity contribution in [2.45, 2.75) is 20.4 Å². The number of benzene rings is 1. The van der Waals surface area contributed by atoms with Gasteiger partial charge >= 0.3 is 5.97 Å². The van der Waals surface area contributed by atoms with E-state index in [0.29, 0.717) is 0 Å². The molecule has 0 amide bonds. The topological polar surface area (TPSA) is 85.2 Å². The molecule has 0 aliphatic heterocycles. The van der Waals surface area contributed by atoms with Crippen LogP contribution in [-0.2, 0) is 16.1 Å². The van der Waals surface area contributed by atoms with Crippen LogP contribution in [0, 0.1) is 0 Å². The van der Waals surface area contributed by atoms with Gasteiger partial charge in [0, 0.05) is 5.69 Å². The fourth-order valence-electron chi connectivity index (χ4n) is 2.04. The SMILES string of the molecule is CCOC(=O)c1c(NC(=S)Nc2ccccc2)ncn1CC(C)=O. The molecule has 0 saturated carbocycles. The second-order valence-corrected chi connectivity index (χ2v) is 5.35. The minimum absolute atomic E-state index is 0.0295. The van der Waals surface area contributed by atoms with E-state index >= 15 is 0 Å². The van der Waals surface area contributed by atoms with Crippen LogP contribution in [0.2, 0.25) is 0 Å². The Hall–Kier alpha value is -2.74. The summed E-state index contributed by atoms with van der Waals surface area (Å²) in [4.78, 5) is 27.7. The third-order valence-corrected chi connectivity index (χ3v) is 3.17. The number of ketones is 1. The lowest BCUT2D eigenvalue weighted by molar-refractivity contribution is -0.117. The molecule has 0 aliphatic carbocycles. The van der Waals surface area contributed by atoms with E-state index in [2.05, 4.69) is 15.6 Å². The molecule has 1 heterocycles. The van der Waals surface area contributed by atoms with Crippen molar-refractivity contribution >= 4 is 40.6 Å². The van der Waals surface area contributed by atoms with Crippen LogP contribution in [0.15, 0.2) is 36.7 Å². The number of para-hydroxylation sites is 1. The molecule has 7 nitrogen and oxygen atoms in total. The van der Waals surface area contributed by atoms with Crippen molar-refractivity contribution in [3.05, 3.63) is 42.4 Å². The van der Waals surface area contributed by atoms with E-state index in [4.69, 9.17) is 17.0 Å². The highest BCUT2D eigenvalue weighted by Gasteiger charge is 2.21. The Morgan fingerprint density at radius 2 is 1.96 bits per heavy atom. The fraction of sp³-hybridized carbons (Fsp3) is 0.250. The Morgan fingerprint density at radius 3 is 2.58 bits per heavy atom. The molecule has 0 saturated heterocycles. The third kappa shape index (κ3) is 4.63. The van der Waals surface area contributed by atoms with Crippen LogP contribution in [0.5, 0.6) is 0 Å². The predicted octanol–water partition coefficient (Wildman–Crippen LogP) is 2.46. The van der Waals surface area contributed by atoms with Gasteiger partial charge in [0.25, 0.3) is 0 Å². The van der Waals surface area contributed by atoms with E-state index in [1.165, 1.54) is 17.8 Å². The van der Waals surface area contributed by atoms with Gasteiger partial charge in [-0.2, -0.15) is 0 Å². The number of ether oxygens (including phenoxy) is 1. The molecule has 2 rings (SSSR count). The average molecular weight is 346 g/mol. The number of carbonyl (C=O) groups is 2. The zero-order chi connectivity index (χ0) is 17.5. The number of imidazole rings is 1. The lowest BCUT2D eigenvalue weighted by Crippen LogP contribution is -2.22. The molecule has 1 aromatic carbocycles. The standard InChI is InChI=1S/C16H18N4O3S/c1-3-23-15(22)13-14(17-10-20(13)9-11(2)21)19-16(24)18-12-7-5-4-6-8-12/h4-8,10H,3,9H2,1-2H3,(H2,18,19,24). The second-order valence-electron chi connectivity index (χ2n) is 4.94. The Kier molecular flexibility index (Phi) is 6.02. The quantitative estimate of drug-likeness (QED) is 0.614. The van der Waals surface area contributed by atoms with Crippen molar-refractivity contribution in [3.63, 3.8) is 0 Å². The number of aromatic nitrogens is 2. The molecule has 0 radical (unpaired) electrons. The van der Waals surface area contributed by atoms with Crippen LogP contribution in [0.1, 0.15) is 24.3 Å². The highest BCUT2D eigenvalue weighted by molar-refractivity contribution is 7.80. The van der Waals surface area contributed by atoms with Crippen molar-refractivity contribution in [2.24, 2.45) is 0 Å². The van der Waals surface area contributed by atoms with E-state index in [9.17, 15) is 9.59 Å². The molecule has 0 aliphatic rings. The van der Waals surface area contributed by atoms with Gasteiger partial charge in [-0.3, -0.25) is 4.79 Å². The second kappa shape index (κ2) is 8.21. The number of anilines is 2. The summed E-state index contributed by atoms with van der Waals surface area (Å²) in [5, 5.41) is 6.14. The number of hydrogen-bond acceptors (Lipinski definition) is 5. The molecule has 0 fully saturated rings. The van der Waals surface area contributed by atoms with Gasteiger partial charge in [-0.05, 0) is 38.2 Å². The van der Waals surface area contributed by atoms with Gasteiger partial charge in [0.2, 0.25) is 0 Å². The van der Waals surface area contributed by atoms with Gasteiger partial charge in [0.1, 0.15) is 5.78 Å². The van der Waals surface area contributed by atoms with Gasteiger partial charge in [-0.25, -0.2) is 9.78 Å². The maximum Gasteiger partial charge on any atom is 0.358 e. The average Bonchev–Trinajstić information content (AvgIpc) is 2.90. The van der Waals surface area contributed by atoms with Crippen LogP contribution in [0.3, 0.4) is 0 Å². The number of rotatable bonds is 6. The van der Waals surface area contributed by atoms with Crippen molar-refractivity contribution in [1.82, 2.24) is 9.55 Å². The van der Waals surface area contributed by atoms with E-state index in [1.807, 2.05) is 30.3 Å². The van der Waals surface area contributed by atoms with Gasteiger partial charge in [0.05, 0.1) is 19.5 Å². The maximum atomic E-state index is 12.2. The summed E-state index contributed by atoms with van der Waals surface area (Å²) in [6.45, 7) is 3.39. The van der Waals surface area contributed by atoms with E-state index < -0.39 is 5.97 Å². The molecule has 2 N–H and O–H groups in total. The van der Waals surface area contributed by atoms with Gasteiger partial charge in [0.15, 0.2) is 16.6 Å². The summed E-state index contributed by atoms with van der Waals surface area (Å²) in [6, 6.07) is 9.35. The molecular formula is C16H18N4O3S. The summed E-state index contributed by atoms with van der Waals surface area (Å²) >= 11 is 5.24. The zero-order valence-electron chi connectivity index (χ0n) is 13.4. The number of nitrogens with zero attached hydrogens (tertiary/aromatic N) is 2. The van der Waals surface area contributed by atoms with E-state index in [1.54, 1.807) is 6.92 Å². The first-order valence-electron chi connectivity index (χ1n) is 7.36. The zero-order valence-corrected chi connectivity index (χ0v) is 14.2. The predicted molar refractivity (Wildman–Crippen MR) is 95.1 cm³/mol. The summed E-state index contributed by atoms with van der Waals surface area (Å²) in [7, 11) is 0. The molecule has 0 bridgehead atoms. The first kappa shape index (κ1) is 17.6. The minimum atomic E-state index is -0.568. The number of carbonyl (C=O) groups excluding carboxylic acids is 2. The lowest BCUT2D eigenvalue weighted by Gasteiger charge is -2.11. The Balaban J connectivity index is 2.19. The molecule has 2 aromatic rings. The number of nitrogens with one attached hydrogen (secondary N) is 2. The van der Waals surface area contributed by atoms with E-state index in [-0.39, 0.29) is 35.6 Å². The van der Waals surface area contributed by atoms with Crippen LogP contribution >= 0.6 is 12.2 Å². The monoisotopic (exact) mass is 346 g/mol. The molecular weight excluding hydrogens is 328 g/mol. The number of Topliss-reactive ketones (excluding diaryl/α,β-unsaturated/α-hetero) is 1. The molecule has 0 unspecified atom stereocenters. The Bertz CT molecular complexity index is 743. The van der Waals surface area contributed by atoms with Crippen molar-refractivity contribution in [2.75, 3.05) is 17.2 Å². The van der Waals surface area contributed by atoms with Crippen LogP contribution in [0.4, 0.5) is 11.5 Å². The van der Waals surface area contributed by atoms with Gasteiger partial charge < -0.3 is 19.9 Å². The van der Waals surface area contributed by atoms with Gasteiger partial charge in [-0.15, -0.1) is 0 Å². The molecule has 0 atom stereocenters. The summed E-state index contributed by atoms with van der Waals surface area (Å²) in [5.74, 6) is -0.432. The van der Waals surface area contributed by atoms with E-state index in [0.717, 1.165) is 5.69 Å². The first-order chi connectivity index (χ1) is 11.5. The number of thiocarbonyl (C=S) groups is 1. The molecule has 24 heavy (non-hydrogen) atoms. The molecule has 8 heteroatoms. The van der Waals surface area contributed by atoms with Crippen LogP contribution < -0.4 is 10.6 Å². The summed E-state index contributed by atoms with van der Waals surface area (Å²) < 4.78 is 6.47. The molecule has 0 spiro atoms. The number of hydrogen-bond donors (Lipinski definition) is 2. The van der Waals surface area contributed by atoms with Crippen molar-refractivity contribution in [3.8, 4) is 0 Å². The molecule has 1 aromatic heterocycles. The van der Waals surface area contributed by atoms with Crippen LogP contribution in [0.25, 0.3) is 0 Å². The molecule has 126 valence electrons. The lowest BCUT2D eigenvalue weighted by atomic mass is 10.3.